The van der Waals surface area contributed by atoms with Crippen LogP contribution in [0.25, 0.3) is 0 Å². The fourth-order valence-corrected chi connectivity index (χ4v) is 3.01. The zero-order valence-corrected chi connectivity index (χ0v) is 11.5. The van der Waals surface area contributed by atoms with E-state index in [1.165, 1.54) is 6.33 Å². The van der Waals surface area contributed by atoms with Gasteiger partial charge in [-0.3, -0.25) is 5.84 Å². The predicted molar refractivity (Wildman–Crippen MR) is 69.8 cm³/mol. The maximum atomic E-state index is 5.59. The standard InChI is InChI=1S/C10H11BrN4OS/c1-16-9-2-8(13-5-14-9)10(15-12)6-3-17-4-7(6)11/h2-5,10,15H,12H2,1H3. The molecule has 2 heterocycles. The summed E-state index contributed by atoms with van der Waals surface area (Å²) in [6.45, 7) is 0. The highest BCUT2D eigenvalue weighted by molar-refractivity contribution is 9.10. The molecule has 0 aliphatic rings. The zero-order valence-electron chi connectivity index (χ0n) is 9.05. The molecule has 0 saturated heterocycles. The fraction of sp³-hybridized carbons (Fsp3) is 0.200. The van der Waals surface area contributed by atoms with Crippen LogP contribution in [0, 0.1) is 0 Å². The quantitative estimate of drug-likeness (QED) is 0.665. The molecule has 0 fully saturated rings. The molecule has 2 aromatic heterocycles. The van der Waals surface area contributed by atoms with Gasteiger partial charge in [0.15, 0.2) is 0 Å². The first-order valence-electron chi connectivity index (χ1n) is 4.80. The number of aromatic nitrogens is 2. The highest BCUT2D eigenvalue weighted by Crippen LogP contribution is 2.30. The SMILES string of the molecule is COc1cc(C(NN)c2cscc2Br)ncn1. The molecule has 7 heteroatoms. The third kappa shape index (κ3) is 2.63. The van der Waals surface area contributed by atoms with Crippen LogP contribution in [0.15, 0.2) is 27.6 Å². The summed E-state index contributed by atoms with van der Waals surface area (Å²) in [4.78, 5) is 8.17. The van der Waals surface area contributed by atoms with Crippen LogP contribution in [0.2, 0.25) is 0 Å². The Bertz CT molecular complexity index is 505. The molecule has 0 bridgehead atoms. The van der Waals surface area contributed by atoms with E-state index in [4.69, 9.17) is 10.6 Å². The van der Waals surface area contributed by atoms with Crippen LogP contribution in [0.1, 0.15) is 17.3 Å². The summed E-state index contributed by atoms with van der Waals surface area (Å²) >= 11 is 5.08. The van der Waals surface area contributed by atoms with E-state index < -0.39 is 0 Å². The second-order valence-corrected chi connectivity index (χ2v) is 4.86. The van der Waals surface area contributed by atoms with Crippen molar-refractivity contribution in [2.24, 2.45) is 5.84 Å². The van der Waals surface area contributed by atoms with Crippen molar-refractivity contribution in [2.45, 2.75) is 6.04 Å². The van der Waals surface area contributed by atoms with Gasteiger partial charge in [0, 0.05) is 21.5 Å². The molecule has 3 N–H and O–H groups in total. The summed E-state index contributed by atoms with van der Waals surface area (Å²) < 4.78 is 6.07. The number of nitrogens with two attached hydrogens (primary N) is 1. The van der Waals surface area contributed by atoms with E-state index in [9.17, 15) is 0 Å². The number of rotatable bonds is 4. The highest BCUT2D eigenvalue weighted by Gasteiger charge is 2.18. The summed E-state index contributed by atoms with van der Waals surface area (Å²) in [5.74, 6) is 6.10. The third-order valence-electron chi connectivity index (χ3n) is 2.29. The second kappa shape index (κ2) is 5.54. The molecule has 0 aliphatic heterocycles. The molecule has 0 saturated carbocycles. The van der Waals surface area contributed by atoms with Gasteiger partial charge in [0.1, 0.15) is 6.33 Å². The van der Waals surface area contributed by atoms with E-state index in [1.807, 2.05) is 10.8 Å². The Kier molecular flexibility index (Phi) is 4.06. The topological polar surface area (TPSA) is 73.1 Å². The van der Waals surface area contributed by atoms with Crippen molar-refractivity contribution in [3.8, 4) is 5.88 Å². The molecule has 1 unspecified atom stereocenters. The van der Waals surface area contributed by atoms with Crippen LogP contribution in [0.4, 0.5) is 0 Å². The van der Waals surface area contributed by atoms with Gasteiger partial charge < -0.3 is 4.74 Å². The number of nitrogens with zero attached hydrogens (tertiary/aromatic N) is 2. The van der Waals surface area contributed by atoms with Crippen molar-refractivity contribution in [1.82, 2.24) is 15.4 Å². The van der Waals surface area contributed by atoms with Crippen LogP contribution in [0.3, 0.4) is 0 Å². The van der Waals surface area contributed by atoms with Crippen molar-refractivity contribution < 1.29 is 4.74 Å². The molecule has 2 aromatic rings. The first-order valence-corrected chi connectivity index (χ1v) is 6.53. The maximum Gasteiger partial charge on any atom is 0.216 e. The van der Waals surface area contributed by atoms with Gasteiger partial charge in [0.2, 0.25) is 5.88 Å². The lowest BCUT2D eigenvalue weighted by Gasteiger charge is -2.15. The first kappa shape index (κ1) is 12.4. The zero-order chi connectivity index (χ0) is 12.3. The van der Waals surface area contributed by atoms with Crippen LogP contribution in [-0.2, 0) is 0 Å². The Labute approximate surface area is 111 Å². The van der Waals surface area contributed by atoms with Crippen LogP contribution in [0.5, 0.6) is 5.88 Å². The Balaban J connectivity index is 2.38. The van der Waals surface area contributed by atoms with Gasteiger partial charge in [-0.05, 0) is 21.3 Å². The van der Waals surface area contributed by atoms with E-state index in [-0.39, 0.29) is 6.04 Å². The van der Waals surface area contributed by atoms with E-state index in [0.717, 1.165) is 15.7 Å². The highest BCUT2D eigenvalue weighted by atomic mass is 79.9. The van der Waals surface area contributed by atoms with Gasteiger partial charge in [-0.1, -0.05) is 0 Å². The van der Waals surface area contributed by atoms with Crippen molar-refractivity contribution in [1.29, 1.82) is 0 Å². The minimum Gasteiger partial charge on any atom is -0.481 e. The van der Waals surface area contributed by atoms with E-state index >= 15 is 0 Å². The van der Waals surface area contributed by atoms with Crippen molar-refractivity contribution in [2.75, 3.05) is 7.11 Å². The van der Waals surface area contributed by atoms with Crippen LogP contribution >= 0.6 is 27.3 Å². The summed E-state index contributed by atoms with van der Waals surface area (Å²) in [5.41, 5.74) is 4.55. The smallest absolute Gasteiger partial charge is 0.216 e. The summed E-state index contributed by atoms with van der Waals surface area (Å²) in [5, 5.41) is 4.02. The summed E-state index contributed by atoms with van der Waals surface area (Å²) in [7, 11) is 1.57. The van der Waals surface area contributed by atoms with Crippen molar-refractivity contribution >= 4 is 27.3 Å². The largest absolute Gasteiger partial charge is 0.481 e. The number of methoxy groups -OCH3 is 1. The van der Waals surface area contributed by atoms with Crippen molar-refractivity contribution in [3.63, 3.8) is 0 Å². The number of hydrogen-bond donors (Lipinski definition) is 2. The molecule has 90 valence electrons. The second-order valence-electron chi connectivity index (χ2n) is 3.26. The average Bonchev–Trinajstić information content (AvgIpc) is 2.77. The third-order valence-corrected chi connectivity index (χ3v) is 4.04. The molecule has 0 aromatic carbocycles. The first-order chi connectivity index (χ1) is 8.26. The van der Waals surface area contributed by atoms with Gasteiger partial charge in [0.25, 0.3) is 0 Å². The molecule has 2 rings (SSSR count). The minimum atomic E-state index is -0.187. The Morgan fingerprint density at radius 1 is 1.47 bits per heavy atom. The molecular formula is C10H11BrN4OS. The molecule has 0 aliphatic carbocycles. The molecule has 1 atom stereocenters. The van der Waals surface area contributed by atoms with Crippen LogP contribution < -0.4 is 16.0 Å². The molecule has 0 spiro atoms. The summed E-state index contributed by atoms with van der Waals surface area (Å²) in [6, 6.07) is 1.57. The molecule has 5 nitrogen and oxygen atoms in total. The number of halogens is 1. The van der Waals surface area contributed by atoms with E-state index in [0.29, 0.717) is 5.88 Å². The van der Waals surface area contributed by atoms with E-state index in [2.05, 4.69) is 31.3 Å². The van der Waals surface area contributed by atoms with Gasteiger partial charge >= 0.3 is 0 Å². The number of thiophene rings is 1. The summed E-state index contributed by atoms with van der Waals surface area (Å²) in [6.07, 6.45) is 1.46. The van der Waals surface area contributed by atoms with Crippen LogP contribution in [-0.4, -0.2) is 17.1 Å². The predicted octanol–water partition coefficient (Wildman–Crippen LogP) is 1.86. The van der Waals surface area contributed by atoms with Crippen molar-refractivity contribution in [3.05, 3.63) is 38.9 Å². The minimum absolute atomic E-state index is 0.187. The Morgan fingerprint density at radius 2 is 2.29 bits per heavy atom. The normalized spacial score (nSPS) is 12.4. The average molecular weight is 315 g/mol. The van der Waals surface area contributed by atoms with Gasteiger partial charge in [-0.2, -0.15) is 11.3 Å². The number of ether oxygens (including phenoxy) is 1. The Morgan fingerprint density at radius 3 is 2.88 bits per heavy atom. The molecule has 0 amide bonds. The molecule has 17 heavy (non-hydrogen) atoms. The van der Waals surface area contributed by atoms with Gasteiger partial charge in [0.05, 0.1) is 18.8 Å². The number of hydrogen-bond acceptors (Lipinski definition) is 6. The molecular weight excluding hydrogens is 304 g/mol. The lowest BCUT2D eigenvalue weighted by Crippen LogP contribution is -2.29. The van der Waals surface area contributed by atoms with Gasteiger partial charge in [-0.25, -0.2) is 15.4 Å². The fourth-order valence-electron chi connectivity index (χ4n) is 1.45. The number of nitrogens with one attached hydrogen (secondary N) is 1. The maximum absolute atomic E-state index is 5.59. The van der Waals surface area contributed by atoms with E-state index in [1.54, 1.807) is 24.5 Å². The van der Waals surface area contributed by atoms with Gasteiger partial charge in [-0.15, -0.1) is 0 Å². The molecule has 0 radical (unpaired) electrons. The lowest BCUT2D eigenvalue weighted by molar-refractivity contribution is 0.395. The number of hydrazine groups is 1. The monoisotopic (exact) mass is 314 g/mol. The Hall–Kier alpha value is -1.02. The lowest BCUT2D eigenvalue weighted by atomic mass is 10.1.